The van der Waals surface area contributed by atoms with E-state index in [1.54, 1.807) is 25.7 Å². The van der Waals surface area contributed by atoms with Gasteiger partial charge in [0.1, 0.15) is 5.69 Å². The Morgan fingerprint density at radius 2 is 2.12 bits per heavy atom. The SMILES string of the molecule is C=CC(=O)N1CCC(Cn2cc(Nc3cn(C)nc3OC)c3ncc(C45CC(C4)C5)n3c2=O)C1. The van der Waals surface area contributed by atoms with Crippen LogP contribution >= 0.6 is 0 Å². The third kappa shape index (κ3) is 3.08. The zero-order valence-corrected chi connectivity index (χ0v) is 19.5. The molecule has 1 atom stereocenters. The van der Waals surface area contributed by atoms with Crippen molar-refractivity contribution in [2.45, 2.75) is 37.6 Å². The minimum Gasteiger partial charge on any atom is -0.478 e. The third-order valence-corrected chi connectivity index (χ3v) is 7.79. The molecule has 1 aliphatic heterocycles. The summed E-state index contributed by atoms with van der Waals surface area (Å²) >= 11 is 0. The number of amides is 1. The van der Waals surface area contributed by atoms with Gasteiger partial charge in [0.2, 0.25) is 5.91 Å². The van der Waals surface area contributed by atoms with E-state index in [1.165, 1.54) is 6.08 Å². The van der Waals surface area contributed by atoms with Crippen molar-refractivity contribution < 1.29 is 9.53 Å². The lowest BCUT2D eigenvalue weighted by atomic mass is 9.43. The molecule has 34 heavy (non-hydrogen) atoms. The average molecular weight is 464 g/mol. The first-order valence-electron chi connectivity index (χ1n) is 11.8. The minimum atomic E-state index is -0.0792. The Kier molecular flexibility index (Phi) is 4.62. The molecule has 3 aliphatic carbocycles. The summed E-state index contributed by atoms with van der Waals surface area (Å²) in [5.41, 5.74) is 3.06. The summed E-state index contributed by atoms with van der Waals surface area (Å²) in [7, 11) is 3.41. The Bertz CT molecular complexity index is 1350. The number of rotatable bonds is 7. The second kappa shape index (κ2) is 7.48. The highest BCUT2D eigenvalue weighted by molar-refractivity contribution is 5.87. The number of nitrogens with one attached hydrogen (secondary N) is 1. The smallest absolute Gasteiger partial charge is 0.334 e. The first-order chi connectivity index (χ1) is 16.4. The minimum absolute atomic E-state index is 0.0585. The molecule has 1 N–H and O–H groups in total. The van der Waals surface area contributed by atoms with Crippen molar-refractivity contribution in [3.8, 4) is 5.88 Å². The number of nitrogens with zero attached hydrogens (tertiary/aromatic N) is 6. The van der Waals surface area contributed by atoms with Gasteiger partial charge in [-0.1, -0.05) is 6.58 Å². The lowest BCUT2D eigenvalue weighted by Gasteiger charge is -2.61. The monoisotopic (exact) mass is 463 g/mol. The van der Waals surface area contributed by atoms with E-state index in [0.29, 0.717) is 36.8 Å². The van der Waals surface area contributed by atoms with Crippen LogP contribution in [0, 0.1) is 11.8 Å². The number of imidazole rings is 1. The molecule has 1 unspecified atom stereocenters. The number of aromatic nitrogens is 5. The van der Waals surface area contributed by atoms with Crippen molar-refractivity contribution in [3.63, 3.8) is 0 Å². The van der Waals surface area contributed by atoms with Crippen LogP contribution in [0.1, 0.15) is 31.4 Å². The van der Waals surface area contributed by atoms with Gasteiger partial charge in [-0.3, -0.25) is 14.0 Å². The predicted molar refractivity (Wildman–Crippen MR) is 126 cm³/mol. The highest BCUT2D eigenvalue weighted by Gasteiger charge is 2.59. The first kappa shape index (κ1) is 21.0. The molecule has 4 fully saturated rings. The Labute approximate surface area is 196 Å². The van der Waals surface area contributed by atoms with Crippen molar-refractivity contribution >= 4 is 22.9 Å². The van der Waals surface area contributed by atoms with Gasteiger partial charge < -0.3 is 15.0 Å². The molecule has 178 valence electrons. The van der Waals surface area contributed by atoms with Gasteiger partial charge in [0.25, 0.3) is 5.88 Å². The van der Waals surface area contributed by atoms with Crippen molar-refractivity contribution in [3.05, 3.63) is 47.4 Å². The molecular formula is C24H29N7O3. The van der Waals surface area contributed by atoms with E-state index in [9.17, 15) is 9.59 Å². The summed E-state index contributed by atoms with van der Waals surface area (Å²) < 4.78 is 10.7. The standard InChI is InChI=1S/C24H29N7O3/c1-4-20(32)29-6-5-15(11-29)12-30-14-17(26-18-13-28(2)27-22(18)34-3)21-25-10-19(31(21)23(30)33)24-7-16(8-24)9-24/h4,10,13-16,26H,1,5-9,11-12H2,2-3H3. The molecule has 2 bridgehead atoms. The number of carbonyl (C=O) groups is 1. The van der Waals surface area contributed by atoms with Crippen LogP contribution in [0.4, 0.5) is 11.4 Å². The second-order valence-electron chi connectivity index (χ2n) is 10.0. The molecule has 0 radical (unpaired) electrons. The number of hydrogen-bond acceptors (Lipinski definition) is 6. The van der Waals surface area contributed by atoms with Gasteiger partial charge in [-0.2, -0.15) is 0 Å². The van der Waals surface area contributed by atoms with Crippen molar-refractivity contribution in [2.24, 2.45) is 18.9 Å². The van der Waals surface area contributed by atoms with E-state index >= 15 is 0 Å². The number of likely N-dealkylation sites (tertiary alicyclic amines) is 1. The number of hydrogen-bond donors (Lipinski definition) is 1. The van der Waals surface area contributed by atoms with E-state index in [4.69, 9.17) is 4.74 Å². The number of carbonyl (C=O) groups excluding carboxylic acids is 1. The number of fused-ring (bicyclic) bond motifs is 1. The first-order valence-corrected chi connectivity index (χ1v) is 11.8. The Morgan fingerprint density at radius 1 is 1.32 bits per heavy atom. The lowest BCUT2D eigenvalue weighted by molar-refractivity contribution is -0.125. The van der Waals surface area contributed by atoms with Gasteiger partial charge in [0, 0.05) is 38.3 Å². The average Bonchev–Trinajstić information content (AvgIpc) is 3.48. The van der Waals surface area contributed by atoms with Crippen LogP contribution in [0.15, 0.2) is 36.0 Å². The zero-order chi connectivity index (χ0) is 23.6. The molecule has 7 rings (SSSR count). The molecule has 0 aromatic carbocycles. The summed E-state index contributed by atoms with van der Waals surface area (Å²) in [6.45, 7) is 5.43. The fraction of sp³-hybridized carbons (Fsp3) is 0.500. The topological polar surface area (TPSA) is 98.7 Å². The van der Waals surface area contributed by atoms with Crippen molar-refractivity contribution in [1.82, 2.24) is 28.6 Å². The summed E-state index contributed by atoms with van der Waals surface area (Å²) in [4.78, 5) is 32.2. The molecule has 10 nitrogen and oxygen atoms in total. The third-order valence-electron chi connectivity index (χ3n) is 7.79. The number of ether oxygens (including phenoxy) is 1. The molecule has 0 spiro atoms. The Hall–Kier alpha value is -3.56. The van der Waals surface area contributed by atoms with Crippen LogP contribution in [-0.4, -0.2) is 54.7 Å². The molecule has 3 saturated carbocycles. The lowest BCUT2D eigenvalue weighted by Crippen LogP contribution is -2.56. The van der Waals surface area contributed by atoms with E-state index < -0.39 is 0 Å². The van der Waals surface area contributed by atoms with Crippen LogP contribution in [0.5, 0.6) is 5.88 Å². The van der Waals surface area contributed by atoms with Crippen LogP contribution in [0.3, 0.4) is 0 Å². The highest BCUT2D eigenvalue weighted by Crippen LogP contribution is 2.64. The van der Waals surface area contributed by atoms with Crippen LogP contribution < -0.4 is 15.7 Å². The molecule has 1 amide bonds. The van der Waals surface area contributed by atoms with Gasteiger partial charge in [0.05, 0.1) is 30.9 Å². The maximum atomic E-state index is 13.7. The van der Waals surface area contributed by atoms with Crippen LogP contribution in [-0.2, 0) is 23.8 Å². The number of methoxy groups -OCH3 is 1. The van der Waals surface area contributed by atoms with Gasteiger partial charge in [-0.25, -0.2) is 14.2 Å². The largest absolute Gasteiger partial charge is 0.478 e. The van der Waals surface area contributed by atoms with Gasteiger partial charge in [-0.05, 0) is 43.6 Å². The van der Waals surface area contributed by atoms with Gasteiger partial charge in [0.15, 0.2) is 5.65 Å². The van der Waals surface area contributed by atoms with Gasteiger partial charge in [-0.15, -0.1) is 5.10 Å². The molecule has 4 heterocycles. The predicted octanol–water partition coefficient (Wildman–Crippen LogP) is 2.07. The summed E-state index contributed by atoms with van der Waals surface area (Å²) in [5.74, 6) is 1.40. The second-order valence-corrected chi connectivity index (χ2v) is 10.0. The Morgan fingerprint density at radius 3 is 2.79 bits per heavy atom. The maximum Gasteiger partial charge on any atom is 0.334 e. The molecule has 3 aromatic rings. The van der Waals surface area contributed by atoms with Crippen molar-refractivity contribution in [1.29, 1.82) is 0 Å². The molecule has 1 saturated heterocycles. The van der Waals surface area contributed by atoms with E-state index in [2.05, 4.69) is 22.0 Å². The summed E-state index contributed by atoms with van der Waals surface area (Å²) in [6, 6.07) is 0. The molecular weight excluding hydrogens is 434 g/mol. The van der Waals surface area contributed by atoms with Crippen LogP contribution in [0.25, 0.3) is 5.65 Å². The summed E-state index contributed by atoms with van der Waals surface area (Å²) in [5, 5.41) is 7.73. The summed E-state index contributed by atoms with van der Waals surface area (Å²) in [6.07, 6.45) is 11.2. The Balaban J connectivity index is 1.41. The molecule has 10 heteroatoms. The molecule has 3 aromatic heterocycles. The number of aryl methyl sites for hydroxylation is 1. The fourth-order valence-electron chi connectivity index (χ4n) is 5.96. The van der Waals surface area contributed by atoms with E-state index in [1.807, 2.05) is 25.6 Å². The number of anilines is 2. The van der Waals surface area contributed by atoms with Crippen molar-refractivity contribution in [2.75, 3.05) is 25.5 Å². The quantitative estimate of drug-likeness (QED) is 0.539. The maximum absolute atomic E-state index is 13.7. The fourth-order valence-corrected chi connectivity index (χ4v) is 5.96. The molecule has 4 aliphatic rings. The zero-order valence-electron chi connectivity index (χ0n) is 19.5. The van der Waals surface area contributed by atoms with E-state index in [0.717, 1.165) is 43.0 Å². The normalized spacial score (nSPS) is 25.2. The van der Waals surface area contributed by atoms with E-state index in [-0.39, 0.29) is 22.9 Å². The highest BCUT2D eigenvalue weighted by atomic mass is 16.5. The van der Waals surface area contributed by atoms with Gasteiger partial charge >= 0.3 is 5.69 Å². The van der Waals surface area contributed by atoms with Crippen LogP contribution in [0.2, 0.25) is 0 Å².